The number of carbonyl (C=O) groups is 1. The third-order valence-electron chi connectivity index (χ3n) is 3.26. The van der Waals surface area contributed by atoms with Crippen LogP contribution < -0.4 is 5.32 Å². The van der Waals surface area contributed by atoms with Crippen molar-refractivity contribution >= 4 is 50.9 Å². The molecule has 3 aromatic rings. The molecule has 1 amide bonds. The van der Waals surface area contributed by atoms with Crippen molar-refractivity contribution in [3.63, 3.8) is 0 Å². The van der Waals surface area contributed by atoms with E-state index in [1.54, 1.807) is 16.9 Å². The highest BCUT2D eigenvalue weighted by Gasteiger charge is 2.12. The van der Waals surface area contributed by atoms with E-state index in [1.165, 1.54) is 12.1 Å². The molecule has 0 spiro atoms. The van der Waals surface area contributed by atoms with Crippen LogP contribution in [0.2, 0.25) is 10.3 Å². The van der Waals surface area contributed by atoms with Gasteiger partial charge in [-0.25, -0.2) is 9.67 Å². The van der Waals surface area contributed by atoms with E-state index in [0.717, 1.165) is 10.0 Å². The third-order valence-corrected chi connectivity index (χ3v) is 4.42. The van der Waals surface area contributed by atoms with Gasteiger partial charge in [0.25, 0.3) is 5.91 Å². The summed E-state index contributed by atoms with van der Waals surface area (Å²) in [5.41, 5.74) is 1.38. The first-order chi connectivity index (χ1) is 11.5. The third kappa shape index (κ3) is 3.95. The Labute approximate surface area is 156 Å². The van der Waals surface area contributed by atoms with E-state index < -0.39 is 0 Å². The lowest BCUT2D eigenvalue weighted by molar-refractivity contribution is 0.102. The van der Waals surface area contributed by atoms with Gasteiger partial charge in [-0.15, -0.1) is 0 Å². The number of amides is 1. The Morgan fingerprint density at radius 3 is 2.58 bits per heavy atom. The molecule has 122 valence electrons. The number of halogens is 3. The summed E-state index contributed by atoms with van der Waals surface area (Å²) in [6, 6.07) is 12.5. The molecule has 1 aromatic carbocycles. The van der Waals surface area contributed by atoms with Crippen molar-refractivity contribution in [1.82, 2.24) is 14.8 Å². The summed E-state index contributed by atoms with van der Waals surface area (Å²) in [5.74, 6) is 0.231. The van der Waals surface area contributed by atoms with Gasteiger partial charge < -0.3 is 5.32 Å². The molecular weight excluding hydrogens is 415 g/mol. The summed E-state index contributed by atoms with van der Waals surface area (Å²) in [7, 11) is 0. The van der Waals surface area contributed by atoms with Crippen LogP contribution >= 0.6 is 39.1 Å². The van der Waals surface area contributed by atoms with Crippen molar-refractivity contribution in [2.24, 2.45) is 0 Å². The van der Waals surface area contributed by atoms with Crippen molar-refractivity contribution < 1.29 is 4.79 Å². The maximum atomic E-state index is 12.4. The van der Waals surface area contributed by atoms with Crippen molar-refractivity contribution in [3.8, 4) is 0 Å². The minimum Gasteiger partial charge on any atom is -0.307 e. The molecular formula is C16H11BrCl2N4O. The number of hydrogen-bond acceptors (Lipinski definition) is 3. The highest BCUT2D eigenvalue weighted by atomic mass is 79.9. The summed E-state index contributed by atoms with van der Waals surface area (Å²) in [6.07, 6.45) is 1.62. The van der Waals surface area contributed by atoms with Crippen LogP contribution in [0.1, 0.15) is 15.9 Å². The van der Waals surface area contributed by atoms with Gasteiger partial charge in [0.15, 0.2) is 0 Å². The number of benzene rings is 1. The predicted octanol–water partition coefficient (Wildman–Crippen LogP) is 4.65. The van der Waals surface area contributed by atoms with E-state index in [0.29, 0.717) is 17.9 Å². The summed E-state index contributed by atoms with van der Waals surface area (Å²) >= 11 is 15.2. The summed E-state index contributed by atoms with van der Waals surface area (Å²) in [5, 5.41) is 7.38. The fourth-order valence-electron chi connectivity index (χ4n) is 2.14. The number of pyridine rings is 1. The van der Waals surface area contributed by atoms with Crippen LogP contribution in [-0.2, 0) is 6.54 Å². The Kier molecular flexibility index (Phi) is 5.18. The van der Waals surface area contributed by atoms with E-state index in [1.807, 2.05) is 24.3 Å². The molecule has 24 heavy (non-hydrogen) atoms. The Balaban J connectivity index is 1.80. The minimum absolute atomic E-state index is 0.161. The second kappa shape index (κ2) is 7.34. The molecule has 0 aliphatic heterocycles. The molecule has 0 radical (unpaired) electrons. The lowest BCUT2D eigenvalue weighted by Gasteiger charge is -2.10. The molecule has 0 aliphatic carbocycles. The molecule has 0 aliphatic rings. The molecule has 0 fully saturated rings. The van der Waals surface area contributed by atoms with Crippen molar-refractivity contribution in [2.75, 3.05) is 5.32 Å². The summed E-state index contributed by atoms with van der Waals surface area (Å²) < 4.78 is 2.67. The summed E-state index contributed by atoms with van der Waals surface area (Å²) in [4.78, 5) is 16.2. The molecule has 5 nitrogen and oxygen atoms in total. The number of aromatic nitrogens is 3. The number of nitrogens with zero attached hydrogens (tertiary/aromatic N) is 3. The van der Waals surface area contributed by atoms with E-state index in [-0.39, 0.29) is 16.2 Å². The molecule has 8 heteroatoms. The average molecular weight is 426 g/mol. The fourth-order valence-corrected chi connectivity index (χ4v) is 3.01. The maximum absolute atomic E-state index is 12.4. The average Bonchev–Trinajstić information content (AvgIpc) is 2.95. The van der Waals surface area contributed by atoms with Gasteiger partial charge in [0, 0.05) is 16.1 Å². The van der Waals surface area contributed by atoms with Crippen LogP contribution in [0.15, 0.2) is 53.1 Å². The number of hydrogen-bond donors (Lipinski definition) is 1. The van der Waals surface area contributed by atoms with E-state index >= 15 is 0 Å². The fraction of sp³-hybridized carbons (Fsp3) is 0.0625. The lowest BCUT2D eigenvalue weighted by Crippen LogP contribution is -2.16. The second-order valence-corrected chi connectivity index (χ2v) is 6.55. The Bertz CT molecular complexity index is 877. The van der Waals surface area contributed by atoms with Crippen LogP contribution in [0.25, 0.3) is 0 Å². The van der Waals surface area contributed by atoms with Gasteiger partial charge in [0.05, 0.1) is 12.7 Å². The van der Waals surface area contributed by atoms with Crippen molar-refractivity contribution in [1.29, 1.82) is 0 Å². The number of carbonyl (C=O) groups excluding carboxylic acids is 1. The first-order valence-corrected chi connectivity index (χ1v) is 8.47. The quantitative estimate of drug-likeness (QED) is 0.619. The topological polar surface area (TPSA) is 59.8 Å². The molecule has 2 aromatic heterocycles. The molecule has 3 rings (SSSR count). The van der Waals surface area contributed by atoms with Crippen LogP contribution in [0, 0.1) is 0 Å². The van der Waals surface area contributed by atoms with E-state index in [9.17, 15) is 4.79 Å². The standard InChI is InChI=1S/C16H11BrCl2N4O/c17-12-4-2-1-3-10(12)9-23-15(5-6-20-23)22-16(24)11-7-13(18)21-14(19)8-11/h1-8H,9H2,(H,22,24). The highest BCUT2D eigenvalue weighted by molar-refractivity contribution is 9.10. The number of rotatable bonds is 4. The molecule has 0 saturated heterocycles. The molecule has 0 saturated carbocycles. The van der Waals surface area contributed by atoms with Crippen LogP contribution in [0.4, 0.5) is 5.82 Å². The zero-order chi connectivity index (χ0) is 17.1. The minimum atomic E-state index is -0.338. The molecule has 0 unspecified atom stereocenters. The highest BCUT2D eigenvalue weighted by Crippen LogP contribution is 2.20. The number of anilines is 1. The van der Waals surface area contributed by atoms with Crippen molar-refractivity contribution in [3.05, 3.63) is 74.6 Å². The number of nitrogens with one attached hydrogen (secondary N) is 1. The van der Waals surface area contributed by atoms with E-state index in [2.05, 4.69) is 31.3 Å². The lowest BCUT2D eigenvalue weighted by atomic mass is 10.2. The van der Waals surface area contributed by atoms with Gasteiger partial charge >= 0.3 is 0 Å². The molecule has 2 heterocycles. The maximum Gasteiger partial charge on any atom is 0.257 e. The first kappa shape index (κ1) is 17.0. The Morgan fingerprint density at radius 2 is 1.88 bits per heavy atom. The first-order valence-electron chi connectivity index (χ1n) is 6.92. The molecule has 0 atom stereocenters. The SMILES string of the molecule is O=C(Nc1ccnn1Cc1ccccc1Br)c1cc(Cl)nc(Cl)c1. The Hall–Kier alpha value is -1.89. The monoisotopic (exact) mass is 424 g/mol. The summed E-state index contributed by atoms with van der Waals surface area (Å²) in [6.45, 7) is 0.516. The largest absolute Gasteiger partial charge is 0.307 e. The molecule has 1 N–H and O–H groups in total. The van der Waals surface area contributed by atoms with Crippen molar-refractivity contribution in [2.45, 2.75) is 6.54 Å². The van der Waals surface area contributed by atoms with Gasteiger partial charge in [-0.3, -0.25) is 4.79 Å². The Morgan fingerprint density at radius 1 is 1.17 bits per heavy atom. The smallest absolute Gasteiger partial charge is 0.257 e. The van der Waals surface area contributed by atoms with E-state index in [4.69, 9.17) is 23.2 Å². The van der Waals surface area contributed by atoms with Gasteiger partial charge in [-0.1, -0.05) is 57.3 Å². The normalized spacial score (nSPS) is 10.6. The van der Waals surface area contributed by atoms with Gasteiger partial charge in [-0.05, 0) is 23.8 Å². The van der Waals surface area contributed by atoms with Gasteiger partial charge in [0.2, 0.25) is 0 Å². The second-order valence-electron chi connectivity index (χ2n) is 4.92. The van der Waals surface area contributed by atoms with Gasteiger partial charge in [0.1, 0.15) is 16.1 Å². The predicted molar refractivity (Wildman–Crippen MR) is 97.7 cm³/mol. The van der Waals surface area contributed by atoms with Crippen LogP contribution in [-0.4, -0.2) is 20.7 Å². The zero-order valence-corrected chi connectivity index (χ0v) is 15.3. The zero-order valence-electron chi connectivity index (χ0n) is 12.2. The molecule has 0 bridgehead atoms. The van der Waals surface area contributed by atoms with Crippen LogP contribution in [0.5, 0.6) is 0 Å². The van der Waals surface area contributed by atoms with Gasteiger partial charge in [-0.2, -0.15) is 5.10 Å². The van der Waals surface area contributed by atoms with Crippen LogP contribution in [0.3, 0.4) is 0 Å².